The van der Waals surface area contributed by atoms with Gasteiger partial charge in [0.05, 0.1) is 6.10 Å². The average Bonchev–Trinajstić information content (AvgIpc) is 3.29. The molecule has 0 spiro atoms. The summed E-state index contributed by atoms with van der Waals surface area (Å²) in [6.07, 6.45) is 2.64. The van der Waals surface area contributed by atoms with Crippen LogP contribution in [0.1, 0.15) is 37.3 Å². The van der Waals surface area contributed by atoms with Crippen LogP contribution in [0, 0.1) is 5.82 Å². The molecule has 1 fully saturated rings. The zero-order valence-electron chi connectivity index (χ0n) is 17.4. The van der Waals surface area contributed by atoms with Crippen LogP contribution in [0.5, 0.6) is 0 Å². The Hall–Kier alpha value is -2.73. The predicted octanol–water partition coefficient (Wildman–Crippen LogP) is 3.47. The third-order valence-electron chi connectivity index (χ3n) is 5.37. The summed E-state index contributed by atoms with van der Waals surface area (Å²) in [7, 11) is 0. The summed E-state index contributed by atoms with van der Waals surface area (Å²) in [5, 5.41) is 2.98. The van der Waals surface area contributed by atoms with E-state index in [0.29, 0.717) is 13.0 Å². The Morgan fingerprint density at radius 2 is 1.87 bits per heavy atom. The van der Waals surface area contributed by atoms with E-state index in [4.69, 9.17) is 4.74 Å². The summed E-state index contributed by atoms with van der Waals surface area (Å²) in [5.74, 6) is -0.645. The van der Waals surface area contributed by atoms with Crippen LogP contribution in [-0.4, -0.2) is 42.0 Å². The zero-order chi connectivity index (χ0) is 21.3. The molecule has 3 rings (SSSR count). The number of nitrogens with one attached hydrogen (secondary N) is 1. The van der Waals surface area contributed by atoms with E-state index in [1.165, 1.54) is 12.1 Å². The van der Waals surface area contributed by atoms with Crippen molar-refractivity contribution in [3.8, 4) is 0 Å². The Bertz CT molecular complexity index is 820. The van der Waals surface area contributed by atoms with Gasteiger partial charge in [0.25, 0.3) is 0 Å². The van der Waals surface area contributed by atoms with Crippen LogP contribution in [0.3, 0.4) is 0 Å². The first-order valence-corrected chi connectivity index (χ1v) is 10.5. The fraction of sp³-hybridized carbons (Fsp3) is 0.417. The van der Waals surface area contributed by atoms with Crippen molar-refractivity contribution in [2.45, 2.75) is 51.3 Å². The maximum atomic E-state index is 13.3. The second-order valence-electron chi connectivity index (χ2n) is 7.59. The fourth-order valence-corrected chi connectivity index (χ4v) is 3.68. The van der Waals surface area contributed by atoms with Gasteiger partial charge in [-0.05, 0) is 36.1 Å². The van der Waals surface area contributed by atoms with Crippen molar-refractivity contribution in [3.05, 3.63) is 71.5 Å². The molecule has 1 saturated heterocycles. The molecule has 0 saturated carbocycles. The summed E-state index contributed by atoms with van der Waals surface area (Å²) in [4.78, 5) is 27.6. The minimum atomic E-state index is -0.661. The number of carbonyl (C=O) groups excluding carboxylic acids is 2. The lowest BCUT2D eigenvalue weighted by Gasteiger charge is -2.31. The minimum absolute atomic E-state index is 0.0266. The average molecular weight is 413 g/mol. The first-order valence-electron chi connectivity index (χ1n) is 10.5. The quantitative estimate of drug-likeness (QED) is 0.686. The highest BCUT2D eigenvalue weighted by Gasteiger charge is 2.30. The number of amides is 2. The number of hydrogen-bond acceptors (Lipinski definition) is 3. The molecule has 160 valence electrons. The molecule has 1 aliphatic heterocycles. The molecule has 30 heavy (non-hydrogen) atoms. The minimum Gasteiger partial charge on any atom is -0.376 e. The van der Waals surface area contributed by atoms with Crippen LogP contribution < -0.4 is 5.32 Å². The molecule has 2 aromatic carbocycles. The van der Waals surface area contributed by atoms with E-state index < -0.39 is 6.04 Å². The van der Waals surface area contributed by atoms with Crippen molar-refractivity contribution in [1.29, 1.82) is 0 Å². The van der Waals surface area contributed by atoms with Crippen LogP contribution in [0.15, 0.2) is 54.6 Å². The third kappa shape index (κ3) is 6.13. The van der Waals surface area contributed by atoms with Gasteiger partial charge in [-0.2, -0.15) is 0 Å². The van der Waals surface area contributed by atoms with E-state index in [9.17, 15) is 14.0 Å². The lowest BCUT2D eigenvalue weighted by molar-refractivity contribution is -0.141. The molecule has 2 aromatic rings. The molecule has 2 amide bonds. The van der Waals surface area contributed by atoms with Gasteiger partial charge < -0.3 is 15.0 Å². The maximum Gasteiger partial charge on any atom is 0.243 e. The number of ether oxygens (including phenoxy) is 1. The SMILES string of the molecule is CCC(=O)N(Cc1ccc(F)cc1)[C@H](Cc1ccccc1)C(=O)NC[C@@H]1CCCO1. The molecule has 1 N–H and O–H groups in total. The van der Waals surface area contributed by atoms with Crippen molar-refractivity contribution >= 4 is 11.8 Å². The molecule has 0 unspecified atom stereocenters. The van der Waals surface area contributed by atoms with Crippen LogP contribution in [-0.2, 0) is 27.3 Å². The summed E-state index contributed by atoms with van der Waals surface area (Å²) in [5.41, 5.74) is 1.76. The monoisotopic (exact) mass is 412 g/mol. The number of carbonyl (C=O) groups is 2. The molecule has 0 aromatic heterocycles. The van der Waals surface area contributed by atoms with E-state index in [1.807, 2.05) is 30.3 Å². The molecule has 0 radical (unpaired) electrons. The molecule has 0 bridgehead atoms. The lowest BCUT2D eigenvalue weighted by atomic mass is 10.0. The highest BCUT2D eigenvalue weighted by Crippen LogP contribution is 2.17. The molecular formula is C24H29FN2O3. The van der Waals surface area contributed by atoms with Crippen molar-refractivity contribution in [3.63, 3.8) is 0 Å². The van der Waals surface area contributed by atoms with E-state index in [-0.39, 0.29) is 36.7 Å². The largest absolute Gasteiger partial charge is 0.376 e. The molecule has 1 aliphatic rings. The Kier molecular flexibility index (Phi) is 7.97. The van der Waals surface area contributed by atoms with Gasteiger partial charge in [-0.3, -0.25) is 9.59 Å². The third-order valence-corrected chi connectivity index (χ3v) is 5.37. The Morgan fingerprint density at radius 3 is 2.50 bits per heavy atom. The van der Waals surface area contributed by atoms with Gasteiger partial charge in [0.15, 0.2) is 0 Å². The van der Waals surface area contributed by atoms with Gasteiger partial charge in [-0.15, -0.1) is 0 Å². The van der Waals surface area contributed by atoms with Crippen molar-refractivity contribution in [2.75, 3.05) is 13.2 Å². The van der Waals surface area contributed by atoms with E-state index >= 15 is 0 Å². The van der Waals surface area contributed by atoms with Gasteiger partial charge in [0.1, 0.15) is 11.9 Å². The first-order chi connectivity index (χ1) is 14.6. The maximum absolute atomic E-state index is 13.3. The number of halogens is 1. The Balaban J connectivity index is 1.81. The van der Waals surface area contributed by atoms with Crippen molar-refractivity contribution in [1.82, 2.24) is 10.2 Å². The van der Waals surface area contributed by atoms with Gasteiger partial charge in [0.2, 0.25) is 11.8 Å². The molecule has 2 atom stereocenters. The summed E-state index contributed by atoms with van der Waals surface area (Å²) in [6, 6.07) is 15.0. The molecule has 6 heteroatoms. The number of hydrogen-bond donors (Lipinski definition) is 1. The van der Waals surface area contributed by atoms with Crippen LogP contribution >= 0.6 is 0 Å². The van der Waals surface area contributed by atoms with Crippen molar-refractivity contribution in [2.24, 2.45) is 0 Å². The van der Waals surface area contributed by atoms with Gasteiger partial charge in [-0.25, -0.2) is 4.39 Å². The smallest absolute Gasteiger partial charge is 0.243 e. The summed E-state index contributed by atoms with van der Waals surface area (Å²) in [6.45, 7) is 3.19. The second-order valence-corrected chi connectivity index (χ2v) is 7.59. The van der Waals surface area contributed by atoms with Gasteiger partial charge in [0, 0.05) is 32.5 Å². The second kappa shape index (κ2) is 10.9. The van der Waals surface area contributed by atoms with Gasteiger partial charge >= 0.3 is 0 Å². The van der Waals surface area contributed by atoms with Crippen LogP contribution in [0.2, 0.25) is 0 Å². The summed E-state index contributed by atoms with van der Waals surface area (Å²) >= 11 is 0. The van der Waals surface area contributed by atoms with E-state index in [0.717, 1.165) is 30.6 Å². The van der Waals surface area contributed by atoms with E-state index in [2.05, 4.69) is 5.32 Å². The highest BCUT2D eigenvalue weighted by molar-refractivity contribution is 5.88. The lowest BCUT2D eigenvalue weighted by Crippen LogP contribution is -2.51. The van der Waals surface area contributed by atoms with Crippen LogP contribution in [0.4, 0.5) is 4.39 Å². The number of rotatable bonds is 9. The van der Waals surface area contributed by atoms with Crippen LogP contribution in [0.25, 0.3) is 0 Å². The molecule has 1 heterocycles. The zero-order valence-corrected chi connectivity index (χ0v) is 17.4. The Labute approximate surface area is 177 Å². The topological polar surface area (TPSA) is 58.6 Å². The fourth-order valence-electron chi connectivity index (χ4n) is 3.68. The summed E-state index contributed by atoms with van der Waals surface area (Å²) < 4.78 is 18.9. The normalized spacial score (nSPS) is 16.8. The van der Waals surface area contributed by atoms with E-state index in [1.54, 1.807) is 24.0 Å². The number of nitrogens with zero attached hydrogens (tertiary/aromatic N) is 1. The molecule has 5 nitrogen and oxygen atoms in total. The molecule has 0 aliphatic carbocycles. The predicted molar refractivity (Wildman–Crippen MR) is 113 cm³/mol. The number of benzene rings is 2. The van der Waals surface area contributed by atoms with Gasteiger partial charge in [-0.1, -0.05) is 49.4 Å². The molecular weight excluding hydrogens is 383 g/mol. The first kappa shape index (κ1) is 22.0. The highest BCUT2D eigenvalue weighted by atomic mass is 19.1. The Morgan fingerprint density at radius 1 is 1.13 bits per heavy atom. The standard InChI is InChI=1S/C24H29FN2O3/c1-2-23(28)27(17-19-10-12-20(25)13-11-19)22(15-18-7-4-3-5-8-18)24(29)26-16-21-9-6-14-30-21/h3-5,7-8,10-13,21-22H,2,6,9,14-17H2,1H3,(H,26,29)/t21-,22+/m0/s1. The van der Waals surface area contributed by atoms with Crippen molar-refractivity contribution < 1.29 is 18.7 Å².